The number of hydrogen-bond donors (Lipinski definition) is 1. The molecule has 1 unspecified atom stereocenters. The lowest BCUT2D eigenvalue weighted by Crippen LogP contribution is -2.28. The van der Waals surface area contributed by atoms with Gasteiger partial charge in [0.1, 0.15) is 0 Å². The van der Waals surface area contributed by atoms with Gasteiger partial charge in [-0.3, -0.25) is 0 Å². The minimum atomic E-state index is -0.0559. The van der Waals surface area contributed by atoms with Crippen molar-refractivity contribution in [2.45, 2.75) is 19.3 Å². The number of rotatable bonds is 8. The van der Waals surface area contributed by atoms with Crippen LogP contribution in [0.5, 0.6) is 0 Å². The van der Waals surface area contributed by atoms with Crippen LogP contribution in [0.25, 0.3) is 0 Å². The Balaban J connectivity index is 1.63. The van der Waals surface area contributed by atoms with Crippen LogP contribution in [0.1, 0.15) is 5.56 Å². The van der Waals surface area contributed by atoms with E-state index < -0.39 is 0 Å². The van der Waals surface area contributed by atoms with Crippen molar-refractivity contribution in [3.63, 3.8) is 0 Å². The first-order valence-corrected chi connectivity index (χ1v) is 9.66. The maximum atomic E-state index is 6.24. The summed E-state index contributed by atoms with van der Waals surface area (Å²) in [5.74, 6) is 0. The van der Waals surface area contributed by atoms with Crippen molar-refractivity contribution in [2.24, 2.45) is 0 Å². The normalized spacial score (nSPS) is 12.1. The number of halogens is 3. The molecule has 136 valence electrons. The molecule has 0 fully saturated rings. The van der Waals surface area contributed by atoms with Gasteiger partial charge >= 0.3 is 0 Å². The van der Waals surface area contributed by atoms with Crippen LogP contribution in [-0.2, 0) is 17.9 Å². The van der Waals surface area contributed by atoms with Crippen LogP contribution in [0.4, 0.5) is 5.69 Å². The number of anilines is 1. The quantitative estimate of drug-likeness (QED) is 0.477. The lowest BCUT2D eigenvalue weighted by Gasteiger charge is -2.20. The Kier molecular flexibility index (Phi) is 6.97. The molecule has 1 atom stereocenters. The largest absolute Gasteiger partial charge is 0.381 e. The minimum absolute atomic E-state index is 0.0559. The highest BCUT2D eigenvalue weighted by Gasteiger charge is 2.12. The molecule has 0 radical (unpaired) electrons. The van der Waals surface area contributed by atoms with Crippen molar-refractivity contribution >= 4 is 44.8 Å². The van der Waals surface area contributed by atoms with Crippen LogP contribution in [0.15, 0.2) is 65.7 Å². The smallest absolute Gasteiger partial charge is 0.0946 e. The molecule has 0 bridgehead atoms. The van der Waals surface area contributed by atoms with Crippen molar-refractivity contribution in [1.29, 1.82) is 0 Å². The number of ether oxygens (including phenoxy) is 1. The van der Waals surface area contributed by atoms with E-state index in [1.54, 1.807) is 18.6 Å². The average molecular weight is 455 g/mol. The summed E-state index contributed by atoms with van der Waals surface area (Å²) >= 11 is 15.6. The zero-order valence-electron chi connectivity index (χ0n) is 13.9. The van der Waals surface area contributed by atoms with Crippen molar-refractivity contribution in [3.05, 3.63) is 81.3 Å². The highest BCUT2D eigenvalue weighted by atomic mass is 79.9. The van der Waals surface area contributed by atoms with E-state index in [9.17, 15) is 0 Å². The van der Waals surface area contributed by atoms with E-state index in [1.165, 1.54) is 0 Å². The van der Waals surface area contributed by atoms with E-state index in [1.807, 2.05) is 47.2 Å². The molecule has 3 rings (SSSR count). The van der Waals surface area contributed by atoms with Gasteiger partial charge in [-0.05, 0) is 35.9 Å². The van der Waals surface area contributed by atoms with Gasteiger partial charge in [0.05, 0.1) is 36.3 Å². The van der Waals surface area contributed by atoms with E-state index in [0.717, 1.165) is 15.7 Å². The van der Waals surface area contributed by atoms with Gasteiger partial charge in [0.2, 0.25) is 0 Å². The van der Waals surface area contributed by atoms with Gasteiger partial charge in [0, 0.05) is 28.4 Å². The summed E-state index contributed by atoms with van der Waals surface area (Å²) in [4.78, 5) is 4.09. The first kappa shape index (κ1) is 19.2. The Hall–Kier alpha value is -1.53. The number of aromatic nitrogens is 2. The van der Waals surface area contributed by atoms with Crippen LogP contribution < -0.4 is 5.32 Å². The van der Waals surface area contributed by atoms with Gasteiger partial charge in [-0.25, -0.2) is 4.98 Å². The van der Waals surface area contributed by atoms with Crippen molar-refractivity contribution < 1.29 is 4.74 Å². The summed E-state index contributed by atoms with van der Waals surface area (Å²) in [6, 6.07) is 13.5. The second-order valence-electron chi connectivity index (χ2n) is 5.82. The lowest BCUT2D eigenvalue weighted by molar-refractivity contribution is 0.0379. The summed E-state index contributed by atoms with van der Waals surface area (Å²) in [7, 11) is 0. The standard InChI is InChI=1S/C19H18BrCl2N3O/c20-15-3-1-14(2-4-15)12-26-17(11-25-8-7-23-13-25)10-24-19-6-5-16(21)9-18(19)22/h1-9,13,17,24H,10-12H2. The zero-order valence-corrected chi connectivity index (χ0v) is 17.0. The van der Waals surface area contributed by atoms with Crippen molar-refractivity contribution in [2.75, 3.05) is 11.9 Å². The summed E-state index contributed by atoms with van der Waals surface area (Å²) in [6.45, 7) is 1.83. The average Bonchev–Trinajstić information content (AvgIpc) is 3.13. The Labute approximate surface area is 171 Å². The molecule has 26 heavy (non-hydrogen) atoms. The van der Waals surface area contributed by atoms with Gasteiger partial charge < -0.3 is 14.6 Å². The summed E-state index contributed by atoms with van der Waals surface area (Å²) in [5, 5.41) is 4.54. The number of benzene rings is 2. The van der Waals surface area contributed by atoms with E-state index in [4.69, 9.17) is 27.9 Å². The first-order valence-electron chi connectivity index (χ1n) is 8.11. The van der Waals surface area contributed by atoms with Gasteiger partial charge in [-0.15, -0.1) is 0 Å². The molecule has 2 aromatic carbocycles. The van der Waals surface area contributed by atoms with Gasteiger partial charge in [-0.2, -0.15) is 0 Å². The van der Waals surface area contributed by atoms with E-state index in [2.05, 4.69) is 26.2 Å². The van der Waals surface area contributed by atoms with Crippen LogP contribution in [-0.4, -0.2) is 22.2 Å². The molecule has 0 saturated heterocycles. The molecular formula is C19H18BrCl2N3O. The maximum absolute atomic E-state index is 6.24. The third kappa shape index (κ3) is 5.74. The third-order valence-corrected chi connectivity index (χ3v) is 4.90. The van der Waals surface area contributed by atoms with Crippen LogP contribution in [0, 0.1) is 0 Å². The summed E-state index contributed by atoms with van der Waals surface area (Å²) < 4.78 is 9.18. The molecule has 0 amide bonds. The van der Waals surface area contributed by atoms with Gasteiger partial charge in [-0.1, -0.05) is 51.3 Å². The Morgan fingerprint density at radius 3 is 2.65 bits per heavy atom. The SMILES string of the molecule is Clc1ccc(NCC(Cn2ccnc2)OCc2ccc(Br)cc2)c(Cl)c1. The molecule has 0 aliphatic heterocycles. The van der Waals surface area contributed by atoms with Crippen LogP contribution in [0.2, 0.25) is 10.0 Å². The predicted molar refractivity (Wildman–Crippen MR) is 110 cm³/mol. The lowest BCUT2D eigenvalue weighted by atomic mass is 10.2. The summed E-state index contributed by atoms with van der Waals surface area (Å²) in [6.07, 6.45) is 5.41. The minimum Gasteiger partial charge on any atom is -0.381 e. The molecule has 1 heterocycles. The topological polar surface area (TPSA) is 39.1 Å². The van der Waals surface area contributed by atoms with Gasteiger partial charge in [0.15, 0.2) is 0 Å². The molecule has 0 aliphatic rings. The summed E-state index contributed by atoms with van der Waals surface area (Å²) in [5.41, 5.74) is 1.95. The molecule has 3 aromatic rings. The molecule has 1 N–H and O–H groups in total. The van der Waals surface area contributed by atoms with Crippen molar-refractivity contribution in [1.82, 2.24) is 9.55 Å². The monoisotopic (exact) mass is 453 g/mol. The second-order valence-corrected chi connectivity index (χ2v) is 7.58. The fourth-order valence-electron chi connectivity index (χ4n) is 2.46. The number of hydrogen-bond acceptors (Lipinski definition) is 3. The molecular weight excluding hydrogens is 437 g/mol. The van der Waals surface area contributed by atoms with Crippen LogP contribution >= 0.6 is 39.1 Å². The number of nitrogens with zero attached hydrogens (tertiary/aromatic N) is 2. The zero-order chi connectivity index (χ0) is 18.4. The van der Waals surface area contributed by atoms with E-state index in [-0.39, 0.29) is 6.10 Å². The third-order valence-electron chi connectivity index (χ3n) is 3.82. The van der Waals surface area contributed by atoms with E-state index >= 15 is 0 Å². The molecule has 0 aliphatic carbocycles. The van der Waals surface area contributed by atoms with Gasteiger partial charge in [0.25, 0.3) is 0 Å². The highest BCUT2D eigenvalue weighted by Crippen LogP contribution is 2.25. The number of nitrogens with one attached hydrogen (secondary N) is 1. The number of imidazole rings is 1. The Morgan fingerprint density at radius 1 is 1.15 bits per heavy atom. The molecule has 4 nitrogen and oxygen atoms in total. The Bertz CT molecular complexity index is 825. The van der Waals surface area contributed by atoms with E-state index in [0.29, 0.717) is 29.7 Å². The second kappa shape index (κ2) is 9.42. The molecule has 0 saturated carbocycles. The van der Waals surface area contributed by atoms with Crippen LogP contribution in [0.3, 0.4) is 0 Å². The Morgan fingerprint density at radius 2 is 1.96 bits per heavy atom. The highest BCUT2D eigenvalue weighted by molar-refractivity contribution is 9.10. The fraction of sp³-hybridized carbons (Fsp3) is 0.211. The maximum Gasteiger partial charge on any atom is 0.0946 e. The fourth-order valence-corrected chi connectivity index (χ4v) is 3.20. The predicted octanol–water partition coefficient (Wildman–Crippen LogP) is 5.65. The molecule has 7 heteroatoms. The first-order chi connectivity index (χ1) is 12.6. The van der Waals surface area contributed by atoms with Crippen molar-refractivity contribution in [3.8, 4) is 0 Å². The molecule has 1 aromatic heterocycles. The molecule has 0 spiro atoms.